The number of hydrogen-bond donors (Lipinski definition) is 1. The van der Waals surface area contributed by atoms with E-state index in [0.717, 1.165) is 37.9 Å². The number of aryl methyl sites for hydroxylation is 1. The number of piperazine rings is 1. The van der Waals surface area contributed by atoms with Crippen LogP contribution in [0.25, 0.3) is 0 Å². The lowest BCUT2D eigenvalue weighted by Gasteiger charge is -2.37. The van der Waals surface area contributed by atoms with Gasteiger partial charge in [-0.1, -0.05) is 0 Å². The predicted molar refractivity (Wildman–Crippen MR) is 71.7 cm³/mol. The lowest BCUT2D eigenvalue weighted by atomic mass is 10.2. The maximum atomic E-state index is 6.04. The van der Waals surface area contributed by atoms with Gasteiger partial charge in [0.1, 0.15) is 6.23 Å². The number of hydrogen-bond acceptors (Lipinski definition) is 4. The van der Waals surface area contributed by atoms with Gasteiger partial charge in [0.2, 0.25) is 0 Å². The molecule has 4 nitrogen and oxygen atoms in total. The highest BCUT2D eigenvalue weighted by molar-refractivity contribution is 5.45. The molecule has 1 saturated carbocycles. The minimum absolute atomic E-state index is 0.156. The molecular weight excluding hydrogens is 226 g/mol. The molecule has 0 bridgehead atoms. The summed E-state index contributed by atoms with van der Waals surface area (Å²) in [7, 11) is 0. The molecule has 4 heteroatoms. The molecule has 18 heavy (non-hydrogen) atoms. The maximum absolute atomic E-state index is 6.04. The second kappa shape index (κ2) is 5.24. The second-order valence-electron chi connectivity index (χ2n) is 5.29. The smallest absolute Gasteiger partial charge is 0.142 e. The Morgan fingerprint density at radius 1 is 1.44 bits per heavy atom. The molecule has 0 spiro atoms. The normalized spacial score (nSPS) is 24.3. The first-order chi connectivity index (χ1) is 8.83. The van der Waals surface area contributed by atoms with E-state index in [2.05, 4.69) is 27.3 Å². The van der Waals surface area contributed by atoms with E-state index in [4.69, 9.17) is 4.74 Å². The molecule has 2 fully saturated rings. The van der Waals surface area contributed by atoms with Crippen molar-refractivity contribution in [2.75, 3.05) is 31.1 Å². The van der Waals surface area contributed by atoms with Gasteiger partial charge in [-0.05, 0) is 37.8 Å². The molecule has 1 aliphatic carbocycles. The molecule has 1 saturated heterocycles. The van der Waals surface area contributed by atoms with E-state index in [1.165, 1.54) is 18.5 Å². The standard InChI is InChI=1S/C14H21N3O/c1-11-2-5-13(8-16-11)17-7-6-15-9-14(17)18-10-12-3-4-12/h2,5,8,12,14-15H,3-4,6-7,9-10H2,1H3. The minimum atomic E-state index is 0.156. The number of nitrogens with zero attached hydrogens (tertiary/aromatic N) is 2. The lowest BCUT2D eigenvalue weighted by molar-refractivity contribution is 0.0362. The second-order valence-corrected chi connectivity index (χ2v) is 5.29. The monoisotopic (exact) mass is 247 g/mol. The van der Waals surface area contributed by atoms with Crippen LogP contribution in [0.4, 0.5) is 5.69 Å². The molecule has 1 aliphatic heterocycles. The van der Waals surface area contributed by atoms with Crippen molar-refractivity contribution >= 4 is 5.69 Å². The van der Waals surface area contributed by atoms with Crippen LogP contribution in [0.15, 0.2) is 18.3 Å². The quantitative estimate of drug-likeness (QED) is 0.876. The van der Waals surface area contributed by atoms with Gasteiger partial charge in [-0.3, -0.25) is 4.98 Å². The number of rotatable bonds is 4. The fourth-order valence-corrected chi connectivity index (χ4v) is 2.29. The van der Waals surface area contributed by atoms with Crippen LogP contribution in [0.1, 0.15) is 18.5 Å². The van der Waals surface area contributed by atoms with Crippen molar-refractivity contribution < 1.29 is 4.74 Å². The third kappa shape index (κ3) is 2.82. The topological polar surface area (TPSA) is 37.4 Å². The first-order valence-electron chi connectivity index (χ1n) is 6.84. The molecular formula is C14H21N3O. The number of ether oxygens (including phenoxy) is 1. The lowest BCUT2D eigenvalue weighted by Crippen LogP contribution is -2.53. The summed E-state index contributed by atoms with van der Waals surface area (Å²) in [5.41, 5.74) is 2.23. The first-order valence-corrected chi connectivity index (χ1v) is 6.84. The van der Waals surface area contributed by atoms with E-state index < -0.39 is 0 Å². The zero-order valence-corrected chi connectivity index (χ0v) is 10.9. The van der Waals surface area contributed by atoms with E-state index in [1.807, 2.05) is 13.1 Å². The molecule has 0 amide bonds. The van der Waals surface area contributed by atoms with Gasteiger partial charge in [0.25, 0.3) is 0 Å². The summed E-state index contributed by atoms with van der Waals surface area (Å²) < 4.78 is 6.04. The van der Waals surface area contributed by atoms with Crippen LogP contribution in [0.3, 0.4) is 0 Å². The molecule has 0 radical (unpaired) electrons. The van der Waals surface area contributed by atoms with Crippen LogP contribution in [-0.4, -0.2) is 37.5 Å². The Hall–Kier alpha value is -1.13. The molecule has 1 aromatic heterocycles. The number of pyridine rings is 1. The van der Waals surface area contributed by atoms with Gasteiger partial charge < -0.3 is 15.0 Å². The molecule has 2 heterocycles. The van der Waals surface area contributed by atoms with E-state index in [0.29, 0.717) is 0 Å². The number of anilines is 1. The summed E-state index contributed by atoms with van der Waals surface area (Å²) in [6, 6.07) is 4.20. The molecule has 1 unspecified atom stereocenters. The van der Waals surface area contributed by atoms with E-state index in [9.17, 15) is 0 Å². The van der Waals surface area contributed by atoms with Gasteiger partial charge >= 0.3 is 0 Å². The van der Waals surface area contributed by atoms with Gasteiger partial charge in [-0.15, -0.1) is 0 Å². The Morgan fingerprint density at radius 2 is 2.33 bits per heavy atom. The van der Waals surface area contributed by atoms with Crippen molar-refractivity contribution in [2.24, 2.45) is 5.92 Å². The van der Waals surface area contributed by atoms with Gasteiger partial charge in [0, 0.05) is 25.3 Å². The maximum Gasteiger partial charge on any atom is 0.142 e. The molecule has 2 aliphatic rings. The molecule has 98 valence electrons. The van der Waals surface area contributed by atoms with Crippen molar-refractivity contribution in [1.82, 2.24) is 10.3 Å². The summed E-state index contributed by atoms with van der Waals surface area (Å²) in [5, 5.41) is 3.40. The van der Waals surface area contributed by atoms with Gasteiger partial charge in [0.05, 0.1) is 18.5 Å². The van der Waals surface area contributed by atoms with Crippen LogP contribution in [-0.2, 0) is 4.74 Å². The summed E-state index contributed by atoms with van der Waals surface area (Å²) in [6.45, 7) is 5.82. The van der Waals surface area contributed by atoms with Crippen LogP contribution in [0.2, 0.25) is 0 Å². The average molecular weight is 247 g/mol. The molecule has 3 rings (SSSR count). The molecule has 1 N–H and O–H groups in total. The Morgan fingerprint density at radius 3 is 3.06 bits per heavy atom. The van der Waals surface area contributed by atoms with Crippen LogP contribution in [0, 0.1) is 12.8 Å². The minimum Gasteiger partial charge on any atom is -0.357 e. The highest BCUT2D eigenvalue weighted by Crippen LogP contribution is 2.30. The summed E-state index contributed by atoms with van der Waals surface area (Å²) >= 11 is 0. The molecule has 1 aromatic rings. The number of aromatic nitrogens is 1. The Bertz CT molecular complexity index is 389. The highest BCUT2D eigenvalue weighted by atomic mass is 16.5. The Balaban J connectivity index is 1.67. The van der Waals surface area contributed by atoms with Gasteiger partial charge in [0.15, 0.2) is 0 Å². The van der Waals surface area contributed by atoms with Crippen molar-refractivity contribution in [3.05, 3.63) is 24.0 Å². The number of nitrogens with one attached hydrogen (secondary N) is 1. The Kier molecular flexibility index (Phi) is 3.48. The summed E-state index contributed by atoms with van der Waals surface area (Å²) in [5.74, 6) is 0.810. The van der Waals surface area contributed by atoms with Crippen LogP contribution in [0.5, 0.6) is 0 Å². The zero-order chi connectivity index (χ0) is 12.4. The predicted octanol–water partition coefficient (Wildman–Crippen LogP) is 1.55. The van der Waals surface area contributed by atoms with Crippen molar-refractivity contribution in [1.29, 1.82) is 0 Å². The van der Waals surface area contributed by atoms with E-state index in [1.54, 1.807) is 0 Å². The largest absolute Gasteiger partial charge is 0.357 e. The summed E-state index contributed by atoms with van der Waals surface area (Å²) in [6.07, 6.45) is 4.79. The average Bonchev–Trinajstić information content (AvgIpc) is 3.22. The van der Waals surface area contributed by atoms with E-state index >= 15 is 0 Å². The summed E-state index contributed by atoms with van der Waals surface area (Å²) in [4.78, 5) is 6.70. The highest BCUT2D eigenvalue weighted by Gasteiger charge is 2.27. The van der Waals surface area contributed by atoms with Gasteiger partial charge in [-0.25, -0.2) is 0 Å². The van der Waals surface area contributed by atoms with E-state index in [-0.39, 0.29) is 6.23 Å². The Labute approximate surface area is 108 Å². The zero-order valence-electron chi connectivity index (χ0n) is 10.9. The van der Waals surface area contributed by atoms with Crippen LogP contribution < -0.4 is 10.2 Å². The third-order valence-electron chi connectivity index (χ3n) is 3.64. The fraction of sp³-hybridized carbons (Fsp3) is 0.643. The van der Waals surface area contributed by atoms with Crippen LogP contribution >= 0.6 is 0 Å². The van der Waals surface area contributed by atoms with Crippen molar-refractivity contribution in [3.8, 4) is 0 Å². The van der Waals surface area contributed by atoms with Gasteiger partial charge in [-0.2, -0.15) is 0 Å². The first kappa shape index (κ1) is 11.9. The molecule has 1 atom stereocenters. The van der Waals surface area contributed by atoms with Crippen molar-refractivity contribution in [2.45, 2.75) is 26.0 Å². The third-order valence-corrected chi connectivity index (χ3v) is 3.64. The fourth-order valence-electron chi connectivity index (χ4n) is 2.29. The SMILES string of the molecule is Cc1ccc(N2CCNCC2OCC2CC2)cn1. The van der Waals surface area contributed by atoms with Crippen molar-refractivity contribution in [3.63, 3.8) is 0 Å². The molecule has 0 aromatic carbocycles.